The molecule has 0 fully saturated rings. The largest absolute Gasteiger partial charge is 0.139 e. The molecule has 8 heavy (non-hydrogen) atoms. The second-order valence-electron chi connectivity index (χ2n) is 1.91. The standard InChI is InChI=1S/C6H6P2/c1-5-2-8-4-6(5)3-7-1/h1-3,7H,4H2. The van der Waals surface area contributed by atoms with Gasteiger partial charge in [0.25, 0.3) is 0 Å². The fourth-order valence-corrected chi connectivity index (χ4v) is 3.22. The van der Waals surface area contributed by atoms with Crippen LogP contribution in [0.1, 0.15) is 11.1 Å². The van der Waals surface area contributed by atoms with Gasteiger partial charge in [0.05, 0.1) is 0 Å². The summed E-state index contributed by atoms with van der Waals surface area (Å²) in [5, 5.41) is 0. The van der Waals surface area contributed by atoms with E-state index in [0.717, 1.165) is 8.19 Å². The minimum absolute atomic E-state index is 0.968. The highest BCUT2D eigenvalue weighted by Gasteiger charge is 2.02. The van der Waals surface area contributed by atoms with Crippen molar-refractivity contribution < 1.29 is 0 Å². The molecule has 1 aliphatic heterocycles. The van der Waals surface area contributed by atoms with E-state index in [1.54, 1.807) is 5.56 Å². The first-order valence-electron chi connectivity index (χ1n) is 2.62. The van der Waals surface area contributed by atoms with Gasteiger partial charge in [0.2, 0.25) is 0 Å². The zero-order valence-corrected chi connectivity index (χ0v) is 6.28. The Morgan fingerprint density at radius 1 is 1.50 bits per heavy atom. The Morgan fingerprint density at radius 2 is 2.50 bits per heavy atom. The van der Waals surface area contributed by atoms with Crippen LogP contribution in [-0.4, -0.2) is 5.80 Å². The topological polar surface area (TPSA) is 0 Å². The smallest absolute Gasteiger partial charge is 0.0155 e. The van der Waals surface area contributed by atoms with Crippen LogP contribution in [0.3, 0.4) is 0 Å². The van der Waals surface area contributed by atoms with Gasteiger partial charge in [0, 0.05) is 6.16 Å². The zero-order chi connectivity index (χ0) is 5.40. The molecule has 2 heteroatoms. The minimum atomic E-state index is 0.968. The second kappa shape index (κ2) is 1.72. The Morgan fingerprint density at radius 3 is 3.38 bits per heavy atom. The van der Waals surface area contributed by atoms with Crippen molar-refractivity contribution in [3.63, 3.8) is 0 Å². The summed E-state index contributed by atoms with van der Waals surface area (Å²) in [5.74, 6) is 6.99. The summed E-state index contributed by atoms with van der Waals surface area (Å²) in [6.45, 7) is 0. The first kappa shape index (κ1) is 4.79. The predicted octanol–water partition coefficient (Wildman–Crippen LogP) is 2.33. The molecule has 0 saturated heterocycles. The molecule has 2 rings (SSSR count). The molecular weight excluding hydrogens is 134 g/mol. The van der Waals surface area contributed by atoms with Crippen molar-refractivity contribution in [1.29, 1.82) is 0 Å². The van der Waals surface area contributed by atoms with Crippen LogP contribution in [0.25, 0.3) is 0 Å². The van der Waals surface area contributed by atoms with E-state index in [-0.39, 0.29) is 0 Å². The maximum absolute atomic E-state index is 2.35. The van der Waals surface area contributed by atoms with Crippen LogP contribution in [0.4, 0.5) is 0 Å². The normalized spacial score (nSPS) is 17.5. The molecule has 1 aromatic heterocycles. The Hall–Kier alpha value is -0.0500. The lowest BCUT2D eigenvalue weighted by Gasteiger charge is -1.80. The maximum atomic E-state index is 2.35. The van der Waals surface area contributed by atoms with Gasteiger partial charge in [-0.2, -0.15) is 0 Å². The molecule has 2 heterocycles. The summed E-state index contributed by atoms with van der Waals surface area (Å²) in [6.07, 6.45) is 1.28. The first-order chi connectivity index (χ1) is 3.97. The Balaban J connectivity index is 2.67. The first-order valence-corrected chi connectivity index (χ1v) is 4.92. The summed E-state index contributed by atoms with van der Waals surface area (Å²) in [4.78, 5) is 0. The molecule has 0 aromatic carbocycles. The molecule has 1 aliphatic rings. The quantitative estimate of drug-likeness (QED) is 0.485. The Kier molecular flexibility index (Phi) is 1.03. The van der Waals surface area contributed by atoms with Crippen LogP contribution < -0.4 is 0 Å². The lowest BCUT2D eigenvalue weighted by Crippen LogP contribution is -1.70. The molecule has 0 N–H and O–H groups in total. The summed E-state index contributed by atoms with van der Waals surface area (Å²) >= 11 is 0. The molecule has 0 saturated carbocycles. The zero-order valence-electron chi connectivity index (χ0n) is 4.39. The molecule has 0 aliphatic carbocycles. The number of hydrogen-bond donors (Lipinski definition) is 0. The maximum Gasteiger partial charge on any atom is 0.0155 e. The number of hydrogen-bond acceptors (Lipinski definition) is 0. The van der Waals surface area contributed by atoms with Gasteiger partial charge < -0.3 is 0 Å². The van der Waals surface area contributed by atoms with Crippen LogP contribution in [0.2, 0.25) is 0 Å². The number of fused-ring (bicyclic) bond motifs is 1. The molecule has 0 spiro atoms. The monoisotopic (exact) mass is 140 g/mol. The van der Waals surface area contributed by atoms with Gasteiger partial charge in [-0.3, -0.25) is 0 Å². The number of rotatable bonds is 0. The van der Waals surface area contributed by atoms with Gasteiger partial charge in [0.15, 0.2) is 0 Å². The van der Waals surface area contributed by atoms with E-state index < -0.39 is 0 Å². The van der Waals surface area contributed by atoms with Gasteiger partial charge in [-0.1, -0.05) is 8.20 Å². The highest BCUT2D eigenvalue weighted by atomic mass is 31.1. The van der Waals surface area contributed by atoms with Crippen molar-refractivity contribution in [3.8, 4) is 0 Å². The molecule has 0 nitrogen and oxygen atoms in total. The summed E-state index contributed by atoms with van der Waals surface area (Å²) < 4.78 is 0. The third-order valence-electron chi connectivity index (χ3n) is 1.36. The van der Waals surface area contributed by atoms with Crippen molar-refractivity contribution in [2.45, 2.75) is 6.16 Å². The molecule has 1 unspecified atom stereocenters. The van der Waals surface area contributed by atoms with Crippen LogP contribution >= 0.6 is 16.4 Å². The molecule has 40 valence electrons. The van der Waals surface area contributed by atoms with E-state index in [1.807, 2.05) is 0 Å². The highest BCUT2D eigenvalue weighted by molar-refractivity contribution is 7.39. The highest BCUT2D eigenvalue weighted by Crippen LogP contribution is 2.27. The lowest BCUT2D eigenvalue weighted by molar-refractivity contribution is 1.49. The van der Waals surface area contributed by atoms with Crippen LogP contribution in [0, 0.1) is 0 Å². The summed E-state index contributed by atoms with van der Waals surface area (Å²) in [6, 6.07) is 0. The van der Waals surface area contributed by atoms with Gasteiger partial charge >= 0.3 is 0 Å². The minimum Gasteiger partial charge on any atom is -0.139 e. The van der Waals surface area contributed by atoms with E-state index in [9.17, 15) is 0 Å². The summed E-state index contributed by atoms with van der Waals surface area (Å²) in [7, 11) is 2.46. The third kappa shape index (κ3) is 0.573. The van der Waals surface area contributed by atoms with Gasteiger partial charge in [-0.15, -0.1) is 8.19 Å². The van der Waals surface area contributed by atoms with Gasteiger partial charge in [-0.25, -0.2) is 0 Å². The Bertz CT molecular complexity index is 222. The van der Waals surface area contributed by atoms with Crippen molar-refractivity contribution in [3.05, 3.63) is 22.7 Å². The fourth-order valence-electron chi connectivity index (χ4n) is 0.908. The average Bonchev–Trinajstić information content (AvgIpc) is 2.15. The average molecular weight is 140 g/mol. The predicted molar refractivity (Wildman–Crippen MR) is 41.7 cm³/mol. The van der Waals surface area contributed by atoms with Crippen LogP contribution in [0.15, 0.2) is 11.6 Å². The lowest BCUT2D eigenvalue weighted by atomic mass is 10.2. The van der Waals surface area contributed by atoms with Crippen molar-refractivity contribution in [1.82, 2.24) is 0 Å². The van der Waals surface area contributed by atoms with Crippen molar-refractivity contribution >= 4 is 22.2 Å². The van der Waals surface area contributed by atoms with Crippen LogP contribution in [0.5, 0.6) is 0 Å². The van der Waals surface area contributed by atoms with E-state index in [2.05, 4.69) is 17.4 Å². The third-order valence-corrected chi connectivity index (χ3v) is 3.34. The molecule has 1 atom stereocenters. The fraction of sp³-hybridized carbons (Fsp3) is 0.167. The van der Waals surface area contributed by atoms with E-state index in [0.29, 0.717) is 0 Å². The molecular formula is C6H6P2. The molecule has 0 radical (unpaired) electrons. The molecule has 0 bridgehead atoms. The SMILES string of the molecule is C1=PCc2c[pH]cc21. The van der Waals surface area contributed by atoms with Gasteiger partial charge in [-0.05, 0) is 28.5 Å². The van der Waals surface area contributed by atoms with Crippen molar-refractivity contribution in [2.75, 3.05) is 0 Å². The van der Waals surface area contributed by atoms with E-state index in [4.69, 9.17) is 0 Å². The Labute approximate surface area is 51.8 Å². The van der Waals surface area contributed by atoms with Crippen LogP contribution in [-0.2, 0) is 6.16 Å². The van der Waals surface area contributed by atoms with Crippen molar-refractivity contribution in [2.24, 2.45) is 0 Å². The molecule has 1 aromatic rings. The van der Waals surface area contributed by atoms with E-state index in [1.165, 1.54) is 19.9 Å². The van der Waals surface area contributed by atoms with E-state index >= 15 is 0 Å². The van der Waals surface area contributed by atoms with Gasteiger partial charge in [0.1, 0.15) is 0 Å². The molecule has 0 amide bonds. The second-order valence-corrected chi connectivity index (χ2v) is 3.76. The summed E-state index contributed by atoms with van der Waals surface area (Å²) in [5.41, 5.74) is 3.11.